The number of rotatable bonds is 5. The van der Waals surface area contributed by atoms with Gasteiger partial charge < -0.3 is 10.1 Å². The van der Waals surface area contributed by atoms with Crippen molar-refractivity contribution in [1.29, 1.82) is 0 Å². The Bertz CT molecular complexity index is 1350. The lowest BCUT2D eigenvalue weighted by Crippen LogP contribution is -2.26. The van der Waals surface area contributed by atoms with Gasteiger partial charge in [0.15, 0.2) is 0 Å². The van der Waals surface area contributed by atoms with Crippen LogP contribution in [-0.2, 0) is 21.5 Å². The first-order valence-corrected chi connectivity index (χ1v) is 13.1. The molecule has 2 aromatic heterocycles. The number of aromatic nitrogens is 3. The van der Waals surface area contributed by atoms with Crippen molar-refractivity contribution in [1.82, 2.24) is 20.1 Å². The molecule has 2 fully saturated rings. The fourth-order valence-corrected chi connectivity index (χ4v) is 6.51. The molecular weight excluding hydrogens is 438 g/mol. The lowest BCUT2D eigenvalue weighted by atomic mass is 10.0. The number of anilines is 1. The third-order valence-electron chi connectivity index (χ3n) is 6.54. The summed E-state index contributed by atoms with van der Waals surface area (Å²) in [5, 5.41) is 8.29. The Morgan fingerprint density at radius 3 is 2.82 bits per heavy atom. The van der Waals surface area contributed by atoms with E-state index in [9.17, 15) is 9.00 Å². The summed E-state index contributed by atoms with van der Waals surface area (Å²) in [5.41, 5.74) is 4.48. The van der Waals surface area contributed by atoms with E-state index < -0.39 is 9.71 Å². The first kappa shape index (κ1) is 21.8. The lowest BCUT2D eigenvalue weighted by molar-refractivity contribution is -0.119. The first-order chi connectivity index (χ1) is 15.7. The highest BCUT2D eigenvalue weighted by Gasteiger charge is 2.29. The Kier molecular flexibility index (Phi) is 5.31. The van der Waals surface area contributed by atoms with E-state index in [4.69, 9.17) is 9.72 Å². The number of amides is 1. The van der Waals surface area contributed by atoms with E-state index in [1.807, 2.05) is 49.6 Å². The van der Waals surface area contributed by atoms with Crippen LogP contribution in [0, 0.1) is 12.8 Å². The van der Waals surface area contributed by atoms with Crippen LogP contribution in [0.1, 0.15) is 25.3 Å². The van der Waals surface area contributed by atoms with E-state index >= 15 is 0 Å². The number of nitrogens with one attached hydrogen (secondary N) is 1. The summed E-state index contributed by atoms with van der Waals surface area (Å²) in [6, 6.07) is 8.03. The van der Waals surface area contributed by atoms with Crippen LogP contribution in [0.4, 0.5) is 5.69 Å². The molecule has 4 heterocycles. The predicted molar refractivity (Wildman–Crippen MR) is 132 cm³/mol. The van der Waals surface area contributed by atoms with Crippen LogP contribution in [-0.4, -0.2) is 55.7 Å². The van der Waals surface area contributed by atoms with E-state index in [1.54, 1.807) is 4.68 Å². The van der Waals surface area contributed by atoms with E-state index in [-0.39, 0.29) is 17.9 Å². The maximum atomic E-state index is 12.8. The molecule has 0 saturated carbocycles. The minimum atomic E-state index is -2.24. The van der Waals surface area contributed by atoms with E-state index in [0.29, 0.717) is 24.6 Å². The fraction of sp³-hybridized carbons (Fsp3) is 0.417. The van der Waals surface area contributed by atoms with Crippen LogP contribution in [0.2, 0.25) is 0 Å². The van der Waals surface area contributed by atoms with Crippen molar-refractivity contribution < 1.29 is 13.7 Å². The molecule has 2 aliphatic heterocycles. The van der Waals surface area contributed by atoms with Crippen molar-refractivity contribution in [3.8, 4) is 17.1 Å². The normalized spacial score (nSPS) is 23.8. The molecular formula is C24H29N5O3S. The van der Waals surface area contributed by atoms with Crippen LogP contribution in [0.3, 0.4) is 0 Å². The highest BCUT2D eigenvalue weighted by Crippen LogP contribution is 2.34. The molecule has 1 N–H and O–H groups in total. The summed E-state index contributed by atoms with van der Waals surface area (Å²) in [6.45, 7) is 5.37. The third-order valence-corrected chi connectivity index (χ3v) is 8.65. The minimum absolute atomic E-state index is 0.0588. The highest BCUT2D eigenvalue weighted by molar-refractivity contribution is 8.01. The summed E-state index contributed by atoms with van der Waals surface area (Å²) in [4.78, 5) is 16.5. The summed E-state index contributed by atoms with van der Waals surface area (Å²) >= 11 is 0. The molecule has 2 saturated heterocycles. The number of ether oxygens (including phenoxy) is 1. The molecule has 1 amide bonds. The topological polar surface area (TPSA) is 89.4 Å². The fourth-order valence-electron chi connectivity index (χ4n) is 4.68. The molecule has 0 radical (unpaired) electrons. The van der Waals surface area contributed by atoms with Gasteiger partial charge in [0, 0.05) is 59.7 Å². The lowest BCUT2D eigenvalue weighted by Gasteiger charge is -2.23. The van der Waals surface area contributed by atoms with Crippen LogP contribution in [0.15, 0.2) is 30.5 Å². The molecule has 3 atom stereocenters. The summed E-state index contributed by atoms with van der Waals surface area (Å²) in [7, 11) is -0.370. The molecule has 1 aromatic carbocycles. The SMILES string of the molecule is C=S1(=O)CCCN1c1ccc(-c2cc3nn(C)cc3c(O[C@H](C)[C@H]3CNC(=O)C3)n2)cc1C. The Morgan fingerprint density at radius 1 is 1.33 bits per heavy atom. The number of hydrogen-bond donors (Lipinski definition) is 1. The summed E-state index contributed by atoms with van der Waals surface area (Å²) in [6.07, 6.45) is 3.09. The quantitative estimate of drug-likeness (QED) is 0.583. The highest BCUT2D eigenvalue weighted by atomic mass is 32.2. The second-order valence-electron chi connectivity index (χ2n) is 9.07. The second kappa shape index (κ2) is 8.06. The van der Waals surface area contributed by atoms with Crippen molar-refractivity contribution in [2.45, 2.75) is 32.8 Å². The van der Waals surface area contributed by atoms with Gasteiger partial charge >= 0.3 is 0 Å². The average molecular weight is 468 g/mol. The molecule has 33 heavy (non-hydrogen) atoms. The number of benzene rings is 1. The molecule has 0 bridgehead atoms. The van der Waals surface area contributed by atoms with Crippen LogP contribution < -0.4 is 14.4 Å². The molecule has 0 spiro atoms. The van der Waals surface area contributed by atoms with Gasteiger partial charge in [0.2, 0.25) is 11.8 Å². The van der Waals surface area contributed by atoms with E-state index in [2.05, 4.69) is 22.4 Å². The van der Waals surface area contributed by atoms with Gasteiger partial charge in [0.05, 0.1) is 22.3 Å². The molecule has 2 aliphatic rings. The number of carbonyl (C=O) groups is 1. The van der Waals surface area contributed by atoms with Gasteiger partial charge in [-0.15, -0.1) is 0 Å². The van der Waals surface area contributed by atoms with Gasteiger partial charge in [-0.05, 0) is 49.9 Å². The maximum Gasteiger partial charge on any atom is 0.225 e. The van der Waals surface area contributed by atoms with Crippen LogP contribution >= 0.6 is 0 Å². The monoisotopic (exact) mass is 467 g/mol. The van der Waals surface area contributed by atoms with Gasteiger partial charge in [0.1, 0.15) is 6.10 Å². The number of nitrogens with zero attached hydrogens (tertiary/aromatic N) is 4. The number of pyridine rings is 1. The average Bonchev–Trinajstić information content (AvgIpc) is 3.45. The third kappa shape index (κ3) is 4.06. The molecule has 8 nitrogen and oxygen atoms in total. The minimum Gasteiger partial charge on any atom is -0.474 e. The molecule has 9 heteroatoms. The standard InChI is InChI=1S/C24H29N5O3S/c1-15-10-17(6-7-22(15)29-8-5-9-33(29,4)31)20-12-21-19(14-28(3)27-21)24(26-20)32-16(2)18-11-23(30)25-13-18/h6-7,10,12,14,16,18H,4-5,8-9,11,13H2,1-3H3,(H,25,30)/t16-,18-,33?/m1/s1. The van der Waals surface area contributed by atoms with Crippen molar-refractivity contribution in [3.05, 3.63) is 36.0 Å². The zero-order valence-corrected chi connectivity index (χ0v) is 20.0. The van der Waals surface area contributed by atoms with E-state index in [0.717, 1.165) is 46.4 Å². The Labute approximate surface area is 194 Å². The molecule has 1 unspecified atom stereocenters. The van der Waals surface area contributed by atoms with E-state index in [1.165, 1.54) is 0 Å². The van der Waals surface area contributed by atoms with Gasteiger partial charge in [-0.2, -0.15) is 5.10 Å². The maximum absolute atomic E-state index is 12.8. The van der Waals surface area contributed by atoms with Gasteiger partial charge in [-0.1, -0.05) is 6.07 Å². The van der Waals surface area contributed by atoms with Gasteiger partial charge in [-0.3, -0.25) is 13.8 Å². The first-order valence-electron chi connectivity index (χ1n) is 11.2. The molecule has 174 valence electrons. The number of fused-ring (bicyclic) bond motifs is 1. The predicted octanol–water partition coefficient (Wildman–Crippen LogP) is 2.69. The number of hydrogen-bond acceptors (Lipinski definition) is 5. The largest absolute Gasteiger partial charge is 0.474 e. The number of aryl methyl sites for hydroxylation is 2. The summed E-state index contributed by atoms with van der Waals surface area (Å²) in [5.74, 6) is 5.27. The molecule has 0 aliphatic carbocycles. The Morgan fingerprint density at radius 2 is 2.15 bits per heavy atom. The van der Waals surface area contributed by atoms with Crippen molar-refractivity contribution in [2.24, 2.45) is 13.0 Å². The van der Waals surface area contributed by atoms with Gasteiger partial charge in [-0.25, -0.2) is 9.19 Å². The number of carbonyl (C=O) groups excluding carboxylic acids is 1. The second-order valence-corrected chi connectivity index (χ2v) is 11.5. The molecule has 3 aromatic rings. The van der Waals surface area contributed by atoms with Crippen molar-refractivity contribution >= 4 is 38.1 Å². The summed E-state index contributed by atoms with van der Waals surface area (Å²) < 4.78 is 22.8. The zero-order chi connectivity index (χ0) is 23.3. The zero-order valence-electron chi connectivity index (χ0n) is 19.2. The van der Waals surface area contributed by atoms with Crippen molar-refractivity contribution in [3.63, 3.8) is 0 Å². The van der Waals surface area contributed by atoms with Crippen LogP contribution in [0.25, 0.3) is 22.2 Å². The molecule has 5 rings (SSSR count). The van der Waals surface area contributed by atoms with Crippen molar-refractivity contribution in [2.75, 3.05) is 23.1 Å². The Balaban J connectivity index is 1.51. The van der Waals surface area contributed by atoms with Gasteiger partial charge in [0.25, 0.3) is 0 Å². The Hall–Kier alpha value is -3.07. The smallest absolute Gasteiger partial charge is 0.225 e. The van der Waals surface area contributed by atoms with Crippen LogP contribution in [0.5, 0.6) is 5.88 Å².